The van der Waals surface area contributed by atoms with E-state index in [1.165, 1.54) is 13.8 Å². The summed E-state index contributed by atoms with van der Waals surface area (Å²) < 4.78 is -0.882. The highest BCUT2D eigenvalue weighted by atomic mass is 79.9. The van der Waals surface area contributed by atoms with Gasteiger partial charge in [-0.2, -0.15) is 5.06 Å². The molecule has 1 rings (SSSR count). The molecule has 0 saturated carbocycles. The van der Waals surface area contributed by atoms with Crippen LogP contribution in [0.25, 0.3) is 0 Å². The highest BCUT2D eigenvalue weighted by molar-refractivity contribution is 9.10. The third-order valence-electron chi connectivity index (χ3n) is 1.51. The number of hydrogen-bond acceptors (Lipinski definition) is 5. The van der Waals surface area contributed by atoms with Gasteiger partial charge in [0, 0.05) is 12.8 Å². The van der Waals surface area contributed by atoms with Gasteiger partial charge >= 0.3 is 0 Å². The van der Waals surface area contributed by atoms with Crippen LogP contribution in [0.3, 0.4) is 0 Å². The van der Waals surface area contributed by atoms with Crippen LogP contribution in [0.2, 0.25) is 0 Å². The second-order valence-electron chi connectivity index (χ2n) is 3.36. The van der Waals surface area contributed by atoms with Gasteiger partial charge in [-0.1, -0.05) is 15.9 Å². The summed E-state index contributed by atoms with van der Waals surface area (Å²) >= 11 is 2.88. The first-order chi connectivity index (χ1) is 6.66. The summed E-state index contributed by atoms with van der Waals surface area (Å²) in [6.07, 6.45) is 0.296. The zero-order chi connectivity index (χ0) is 12.2. The number of amides is 2. The first kappa shape index (κ1) is 14.1. The smallest absolute Gasteiger partial charge is 0.253 e. The van der Waals surface area contributed by atoms with Crippen LogP contribution in [-0.2, 0) is 14.4 Å². The van der Waals surface area contributed by atoms with Crippen LogP contribution < -0.4 is 5.11 Å². The van der Waals surface area contributed by atoms with Gasteiger partial charge < -0.3 is 9.90 Å². The molecular formula is C8H11BrNO5-. The van der Waals surface area contributed by atoms with Crippen molar-refractivity contribution < 1.29 is 24.7 Å². The first-order valence-corrected chi connectivity index (χ1v) is 4.90. The summed E-state index contributed by atoms with van der Waals surface area (Å²) in [5, 5.41) is 18.4. The Bertz CT molecular complexity index is 267. The Hall–Kier alpha value is -0.950. The maximum Gasteiger partial charge on any atom is 0.253 e. The van der Waals surface area contributed by atoms with Crippen LogP contribution in [0.1, 0.15) is 26.7 Å². The molecular weight excluding hydrogens is 270 g/mol. The van der Waals surface area contributed by atoms with Crippen LogP contribution in [0.5, 0.6) is 0 Å². The van der Waals surface area contributed by atoms with Crippen molar-refractivity contribution >= 4 is 33.7 Å². The average molecular weight is 281 g/mol. The molecule has 0 aromatic carbocycles. The fourth-order valence-electron chi connectivity index (χ4n) is 0.565. The number of hydroxylamine groups is 2. The van der Waals surface area contributed by atoms with Gasteiger partial charge in [0.1, 0.15) is 0 Å². The molecule has 0 radical (unpaired) electrons. The largest absolute Gasteiger partial charge is 0.549 e. The Morgan fingerprint density at radius 3 is 1.73 bits per heavy atom. The monoisotopic (exact) mass is 280 g/mol. The van der Waals surface area contributed by atoms with E-state index in [1.54, 1.807) is 0 Å². The van der Waals surface area contributed by atoms with Crippen LogP contribution in [0.15, 0.2) is 0 Å². The molecule has 1 fully saturated rings. The molecule has 86 valence electrons. The van der Waals surface area contributed by atoms with Crippen molar-refractivity contribution in [3.8, 4) is 0 Å². The Morgan fingerprint density at radius 1 is 1.40 bits per heavy atom. The number of halogens is 1. The summed E-state index contributed by atoms with van der Waals surface area (Å²) in [4.78, 5) is 30.3. The van der Waals surface area contributed by atoms with Gasteiger partial charge in [-0.3, -0.25) is 14.8 Å². The van der Waals surface area contributed by atoms with E-state index in [2.05, 4.69) is 15.9 Å². The molecule has 0 unspecified atom stereocenters. The predicted molar refractivity (Wildman–Crippen MR) is 50.9 cm³/mol. The summed E-state index contributed by atoms with van der Waals surface area (Å²) in [6.45, 7) is 3.03. The van der Waals surface area contributed by atoms with Crippen molar-refractivity contribution in [3.05, 3.63) is 0 Å². The number of aliphatic carboxylic acids is 1. The molecule has 0 aromatic rings. The highest BCUT2D eigenvalue weighted by Crippen LogP contribution is 2.12. The summed E-state index contributed by atoms with van der Waals surface area (Å²) in [6, 6.07) is 0. The molecule has 1 saturated heterocycles. The van der Waals surface area contributed by atoms with E-state index in [0.29, 0.717) is 0 Å². The highest BCUT2D eigenvalue weighted by Gasteiger charge is 2.26. The predicted octanol–water partition coefficient (Wildman–Crippen LogP) is -0.566. The first-order valence-electron chi connectivity index (χ1n) is 4.11. The zero-order valence-corrected chi connectivity index (χ0v) is 9.91. The molecule has 7 heteroatoms. The number of imide groups is 1. The SMILES string of the molecule is CC(C)(Br)C(=O)[O-].O=C1CCC(=O)N1O. The molecule has 0 bridgehead atoms. The Morgan fingerprint density at radius 2 is 1.67 bits per heavy atom. The van der Waals surface area contributed by atoms with Crippen molar-refractivity contribution in [1.82, 2.24) is 5.06 Å². The minimum Gasteiger partial charge on any atom is -0.549 e. The third kappa shape index (κ3) is 4.89. The number of carboxylic acid groups (broad SMARTS) is 1. The standard InChI is InChI=1S/C4H7BrO2.C4H5NO3/c1-4(2,5)3(6)7;6-3-1-2-4(7)5(3)8/h1-2H3,(H,6,7);8H,1-2H2/p-1. The van der Waals surface area contributed by atoms with Gasteiger partial charge in [0.25, 0.3) is 11.8 Å². The molecule has 15 heavy (non-hydrogen) atoms. The van der Waals surface area contributed by atoms with Crippen LogP contribution in [0.4, 0.5) is 0 Å². The van der Waals surface area contributed by atoms with Crippen molar-refractivity contribution in [2.75, 3.05) is 0 Å². The zero-order valence-electron chi connectivity index (χ0n) is 8.32. The maximum atomic E-state index is 10.2. The minimum absolute atomic E-state index is 0.148. The number of nitrogens with zero attached hydrogens (tertiary/aromatic N) is 1. The average Bonchev–Trinajstić information content (AvgIpc) is 2.36. The Kier molecular flexibility index (Phi) is 4.89. The molecule has 0 atom stereocenters. The lowest BCUT2D eigenvalue weighted by atomic mass is 10.2. The fraction of sp³-hybridized carbons (Fsp3) is 0.625. The van der Waals surface area contributed by atoms with Crippen LogP contribution in [-0.4, -0.2) is 32.4 Å². The second kappa shape index (κ2) is 5.22. The molecule has 0 aliphatic carbocycles. The van der Waals surface area contributed by atoms with Gasteiger partial charge in [-0.05, 0) is 13.8 Å². The van der Waals surface area contributed by atoms with E-state index in [1.807, 2.05) is 0 Å². The fourth-order valence-corrected chi connectivity index (χ4v) is 0.565. The van der Waals surface area contributed by atoms with Gasteiger partial charge in [-0.15, -0.1) is 0 Å². The molecule has 0 spiro atoms. The van der Waals surface area contributed by atoms with E-state index in [0.717, 1.165) is 0 Å². The second-order valence-corrected chi connectivity index (χ2v) is 5.34. The molecule has 1 aliphatic rings. The molecule has 1 heterocycles. The van der Waals surface area contributed by atoms with E-state index < -0.39 is 22.1 Å². The lowest BCUT2D eigenvalue weighted by Gasteiger charge is -2.15. The number of alkyl halides is 1. The van der Waals surface area contributed by atoms with E-state index in [9.17, 15) is 19.5 Å². The van der Waals surface area contributed by atoms with Crippen LogP contribution in [0, 0.1) is 0 Å². The Labute approximate surface area is 94.9 Å². The Balaban J connectivity index is 0.000000265. The van der Waals surface area contributed by atoms with Gasteiger partial charge in [0.2, 0.25) is 0 Å². The maximum absolute atomic E-state index is 10.2. The van der Waals surface area contributed by atoms with Gasteiger partial charge in [0.05, 0.1) is 10.3 Å². The minimum atomic E-state index is -1.09. The topological polar surface area (TPSA) is 97.7 Å². The number of carbonyl (C=O) groups excluding carboxylic acids is 3. The third-order valence-corrected chi connectivity index (χ3v) is 1.83. The number of rotatable bonds is 1. The number of carbonyl (C=O) groups is 3. The van der Waals surface area contributed by atoms with Gasteiger partial charge in [-0.25, -0.2) is 0 Å². The molecule has 1 N–H and O–H groups in total. The van der Waals surface area contributed by atoms with E-state index in [-0.39, 0.29) is 17.9 Å². The van der Waals surface area contributed by atoms with Crippen molar-refractivity contribution in [2.24, 2.45) is 0 Å². The number of hydrogen-bond donors (Lipinski definition) is 1. The number of carboxylic acids is 1. The molecule has 1 aliphatic heterocycles. The molecule has 6 nitrogen and oxygen atoms in total. The summed E-state index contributed by atoms with van der Waals surface area (Å²) in [5.74, 6) is -2.10. The summed E-state index contributed by atoms with van der Waals surface area (Å²) in [7, 11) is 0. The van der Waals surface area contributed by atoms with E-state index in [4.69, 9.17) is 5.21 Å². The lowest BCUT2D eigenvalue weighted by molar-refractivity contribution is -0.307. The van der Waals surface area contributed by atoms with E-state index >= 15 is 0 Å². The van der Waals surface area contributed by atoms with Gasteiger partial charge in [0.15, 0.2) is 0 Å². The quantitative estimate of drug-likeness (QED) is 0.394. The van der Waals surface area contributed by atoms with Crippen molar-refractivity contribution in [1.29, 1.82) is 0 Å². The summed E-state index contributed by atoms with van der Waals surface area (Å²) in [5.41, 5.74) is 0. The van der Waals surface area contributed by atoms with Crippen molar-refractivity contribution in [3.63, 3.8) is 0 Å². The lowest BCUT2D eigenvalue weighted by Crippen LogP contribution is -2.38. The normalized spacial score (nSPS) is 16.1. The molecule has 0 aromatic heterocycles. The van der Waals surface area contributed by atoms with Crippen molar-refractivity contribution in [2.45, 2.75) is 31.0 Å². The molecule has 2 amide bonds. The van der Waals surface area contributed by atoms with Crippen LogP contribution >= 0.6 is 15.9 Å².